The number of anilines is 1. The van der Waals surface area contributed by atoms with Crippen LogP contribution in [-0.2, 0) is 19.6 Å². The lowest BCUT2D eigenvalue weighted by molar-refractivity contribution is -0.115. The van der Waals surface area contributed by atoms with E-state index in [0.717, 1.165) is 4.90 Å². The first-order valence-electron chi connectivity index (χ1n) is 9.23. The molecule has 0 aliphatic carbocycles. The summed E-state index contributed by atoms with van der Waals surface area (Å²) in [6.07, 6.45) is 0.312. The molecule has 6 nitrogen and oxygen atoms in total. The number of aryl methyl sites for hydroxylation is 1. The average Bonchev–Trinajstić information content (AvgIpc) is 2.71. The molecular weight excluding hydrogens is 432 g/mol. The Morgan fingerprint density at radius 2 is 1.86 bits per heavy atom. The van der Waals surface area contributed by atoms with Gasteiger partial charge < -0.3 is 10.1 Å². The Morgan fingerprint density at radius 1 is 1.17 bits per heavy atom. The standard InChI is InChI=1S/C20H23ClN2O4S2/c1-15-2-5-17(14-19(15)29(25,26)23-9-11-27-12-10-23)22-20(24)8-13-28-18-6-3-16(21)4-7-18/h2-7,14H,8-13H2,1H3,(H,22,24). The highest BCUT2D eigenvalue weighted by Gasteiger charge is 2.28. The number of nitrogens with zero attached hydrogens (tertiary/aromatic N) is 1. The van der Waals surface area contributed by atoms with Crippen molar-refractivity contribution in [2.45, 2.75) is 23.1 Å². The molecule has 1 N–H and O–H groups in total. The van der Waals surface area contributed by atoms with Gasteiger partial charge in [0.15, 0.2) is 0 Å². The van der Waals surface area contributed by atoms with E-state index < -0.39 is 10.0 Å². The molecule has 1 saturated heterocycles. The van der Waals surface area contributed by atoms with Gasteiger partial charge in [-0.2, -0.15) is 4.31 Å². The minimum atomic E-state index is -3.62. The van der Waals surface area contributed by atoms with E-state index in [-0.39, 0.29) is 10.8 Å². The summed E-state index contributed by atoms with van der Waals surface area (Å²) in [5.74, 6) is 0.447. The Bertz CT molecular complexity index is 959. The SMILES string of the molecule is Cc1ccc(NC(=O)CCSc2ccc(Cl)cc2)cc1S(=O)(=O)N1CCOCC1. The van der Waals surface area contributed by atoms with Crippen LogP contribution < -0.4 is 5.32 Å². The molecule has 9 heteroatoms. The zero-order chi connectivity index (χ0) is 20.9. The Hall–Kier alpha value is -1.58. The lowest BCUT2D eigenvalue weighted by Gasteiger charge is -2.26. The van der Waals surface area contributed by atoms with Gasteiger partial charge in [0.25, 0.3) is 0 Å². The molecule has 0 atom stereocenters. The van der Waals surface area contributed by atoms with E-state index in [0.29, 0.717) is 54.8 Å². The van der Waals surface area contributed by atoms with Crippen molar-refractivity contribution in [2.24, 2.45) is 0 Å². The second-order valence-corrected chi connectivity index (χ2v) is 10.1. The topological polar surface area (TPSA) is 75.7 Å². The second kappa shape index (κ2) is 9.95. The molecule has 0 saturated carbocycles. The fourth-order valence-electron chi connectivity index (χ4n) is 2.90. The van der Waals surface area contributed by atoms with E-state index in [1.165, 1.54) is 10.4 Å². The van der Waals surface area contributed by atoms with Crippen molar-refractivity contribution in [1.29, 1.82) is 0 Å². The molecule has 1 aliphatic heterocycles. The summed E-state index contributed by atoms with van der Waals surface area (Å²) in [4.78, 5) is 13.5. The summed E-state index contributed by atoms with van der Waals surface area (Å²) < 4.78 is 32.6. The Kier molecular flexibility index (Phi) is 7.59. The largest absolute Gasteiger partial charge is 0.379 e. The number of benzene rings is 2. The Morgan fingerprint density at radius 3 is 2.55 bits per heavy atom. The van der Waals surface area contributed by atoms with Crippen molar-refractivity contribution in [3.63, 3.8) is 0 Å². The minimum absolute atomic E-state index is 0.162. The highest BCUT2D eigenvalue weighted by Crippen LogP contribution is 2.25. The molecular formula is C20H23ClN2O4S2. The zero-order valence-corrected chi connectivity index (χ0v) is 18.4. The first kappa shape index (κ1) is 22.1. The van der Waals surface area contributed by atoms with Gasteiger partial charge in [0.1, 0.15) is 0 Å². The number of hydrogen-bond acceptors (Lipinski definition) is 5. The van der Waals surface area contributed by atoms with E-state index in [2.05, 4.69) is 5.32 Å². The number of nitrogens with one attached hydrogen (secondary N) is 1. The minimum Gasteiger partial charge on any atom is -0.379 e. The summed E-state index contributed by atoms with van der Waals surface area (Å²) >= 11 is 7.43. The van der Waals surface area contributed by atoms with Gasteiger partial charge in [-0.25, -0.2) is 8.42 Å². The second-order valence-electron chi connectivity index (χ2n) is 6.60. The molecule has 0 unspecified atom stereocenters. The Labute approximate surface area is 180 Å². The van der Waals surface area contributed by atoms with Crippen LogP contribution in [0.1, 0.15) is 12.0 Å². The fraction of sp³-hybridized carbons (Fsp3) is 0.350. The first-order chi connectivity index (χ1) is 13.9. The molecule has 2 aromatic rings. The van der Waals surface area contributed by atoms with Gasteiger partial charge in [-0.05, 0) is 48.9 Å². The van der Waals surface area contributed by atoms with Gasteiger partial charge >= 0.3 is 0 Å². The summed E-state index contributed by atoms with van der Waals surface area (Å²) in [6, 6.07) is 12.4. The zero-order valence-electron chi connectivity index (χ0n) is 16.1. The maximum Gasteiger partial charge on any atom is 0.243 e. The fourth-order valence-corrected chi connectivity index (χ4v) is 5.53. The van der Waals surface area contributed by atoms with Crippen molar-refractivity contribution in [3.05, 3.63) is 53.1 Å². The molecule has 3 rings (SSSR count). The number of morpholine rings is 1. The molecule has 1 aliphatic rings. The normalized spacial score (nSPS) is 15.2. The number of ether oxygens (including phenoxy) is 1. The number of thioether (sulfide) groups is 1. The van der Waals surface area contributed by atoms with Crippen molar-refractivity contribution < 1.29 is 17.9 Å². The van der Waals surface area contributed by atoms with Crippen LogP contribution in [-0.4, -0.2) is 50.7 Å². The molecule has 0 spiro atoms. The van der Waals surface area contributed by atoms with Gasteiger partial charge in [0, 0.05) is 40.9 Å². The molecule has 29 heavy (non-hydrogen) atoms. The van der Waals surface area contributed by atoms with Gasteiger partial charge in [-0.3, -0.25) is 4.79 Å². The predicted molar refractivity (Wildman–Crippen MR) is 116 cm³/mol. The number of hydrogen-bond donors (Lipinski definition) is 1. The van der Waals surface area contributed by atoms with Crippen LogP contribution in [0.25, 0.3) is 0 Å². The van der Waals surface area contributed by atoms with E-state index >= 15 is 0 Å². The Balaban J connectivity index is 1.61. The monoisotopic (exact) mass is 454 g/mol. The summed E-state index contributed by atoms with van der Waals surface area (Å²) in [5, 5.41) is 3.47. The molecule has 156 valence electrons. The van der Waals surface area contributed by atoms with Crippen LogP contribution in [0.15, 0.2) is 52.3 Å². The number of carbonyl (C=O) groups is 1. The quantitative estimate of drug-likeness (QED) is 0.644. The van der Waals surface area contributed by atoms with Gasteiger partial charge in [-0.15, -0.1) is 11.8 Å². The van der Waals surface area contributed by atoms with Crippen LogP contribution in [0.4, 0.5) is 5.69 Å². The number of amides is 1. The van der Waals surface area contributed by atoms with E-state index in [9.17, 15) is 13.2 Å². The maximum absolute atomic E-state index is 12.9. The van der Waals surface area contributed by atoms with Gasteiger partial charge in [-0.1, -0.05) is 17.7 Å². The highest BCUT2D eigenvalue weighted by atomic mass is 35.5. The van der Waals surface area contributed by atoms with E-state index in [4.69, 9.17) is 16.3 Å². The molecule has 2 aromatic carbocycles. The lowest BCUT2D eigenvalue weighted by Crippen LogP contribution is -2.40. The predicted octanol–water partition coefficient (Wildman–Crippen LogP) is 3.79. The van der Waals surface area contributed by atoms with Crippen LogP contribution in [0, 0.1) is 6.92 Å². The van der Waals surface area contributed by atoms with Crippen LogP contribution in [0.2, 0.25) is 5.02 Å². The van der Waals surface area contributed by atoms with Crippen molar-refractivity contribution >= 4 is 45.0 Å². The van der Waals surface area contributed by atoms with Crippen molar-refractivity contribution in [2.75, 3.05) is 37.4 Å². The van der Waals surface area contributed by atoms with Crippen LogP contribution in [0.3, 0.4) is 0 Å². The third-order valence-corrected chi connectivity index (χ3v) is 7.78. The summed E-state index contributed by atoms with van der Waals surface area (Å²) in [7, 11) is -3.62. The molecule has 1 fully saturated rings. The first-order valence-corrected chi connectivity index (χ1v) is 12.0. The highest BCUT2D eigenvalue weighted by molar-refractivity contribution is 7.99. The molecule has 1 amide bonds. The third-order valence-electron chi connectivity index (χ3n) is 4.47. The van der Waals surface area contributed by atoms with E-state index in [1.807, 2.05) is 24.3 Å². The molecule has 0 aromatic heterocycles. The smallest absolute Gasteiger partial charge is 0.243 e. The third kappa shape index (κ3) is 5.96. The molecule has 1 heterocycles. The number of halogens is 1. The number of rotatable bonds is 7. The van der Waals surface area contributed by atoms with Crippen LogP contribution in [0.5, 0.6) is 0 Å². The number of carbonyl (C=O) groups excluding carboxylic acids is 1. The summed E-state index contributed by atoms with van der Waals surface area (Å²) in [5.41, 5.74) is 1.12. The van der Waals surface area contributed by atoms with Gasteiger partial charge in [0.05, 0.1) is 18.1 Å². The average molecular weight is 455 g/mol. The van der Waals surface area contributed by atoms with Crippen molar-refractivity contribution in [3.8, 4) is 0 Å². The lowest BCUT2D eigenvalue weighted by atomic mass is 10.2. The van der Waals surface area contributed by atoms with Crippen molar-refractivity contribution in [1.82, 2.24) is 4.31 Å². The maximum atomic E-state index is 12.9. The summed E-state index contributed by atoms with van der Waals surface area (Å²) in [6.45, 7) is 3.20. The van der Waals surface area contributed by atoms with Crippen LogP contribution >= 0.6 is 23.4 Å². The molecule has 0 radical (unpaired) electrons. The van der Waals surface area contributed by atoms with E-state index in [1.54, 1.807) is 30.8 Å². The number of sulfonamides is 1. The van der Waals surface area contributed by atoms with Gasteiger partial charge in [0.2, 0.25) is 15.9 Å². The molecule has 0 bridgehead atoms.